The lowest BCUT2D eigenvalue weighted by molar-refractivity contribution is -0.0756. The standard InChI is InChI=1S/C18H19ClO6/c1-24-10-5-2-9(3-6-10)4-7-11-8-12(20)13-15(21)17(23)16(22)14(19)18(13)25-11/h2-3,5-6,8,14-17,21-23H,4,7H2,1H3. The lowest BCUT2D eigenvalue weighted by Crippen LogP contribution is -2.42. The molecular weight excluding hydrogens is 348 g/mol. The minimum atomic E-state index is -1.52. The maximum absolute atomic E-state index is 12.3. The Balaban J connectivity index is 1.84. The van der Waals surface area contributed by atoms with Gasteiger partial charge in [0.05, 0.1) is 12.7 Å². The summed E-state index contributed by atoms with van der Waals surface area (Å²) >= 11 is 6.08. The fraction of sp³-hybridized carbons (Fsp3) is 0.389. The number of aryl methyl sites for hydroxylation is 2. The number of halogens is 1. The molecule has 2 aromatic rings. The molecule has 0 spiro atoms. The van der Waals surface area contributed by atoms with Crippen LogP contribution < -0.4 is 10.2 Å². The van der Waals surface area contributed by atoms with Gasteiger partial charge in [0.15, 0.2) is 5.43 Å². The van der Waals surface area contributed by atoms with Gasteiger partial charge < -0.3 is 24.5 Å². The van der Waals surface area contributed by atoms with E-state index in [1.165, 1.54) is 6.07 Å². The molecule has 4 unspecified atom stereocenters. The largest absolute Gasteiger partial charge is 0.497 e. The molecule has 0 radical (unpaired) electrons. The zero-order valence-electron chi connectivity index (χ0n) is 13.6. The summed E-state index contributed by atoms with van der Waals surface area (Å²) in [6, 6.07) is 8.83. The monoisotopic (exact) mass is 366 g/mol. The van der Waals surface area contributed by atoms with Gasteiger partial charge in [-0.05, 0) is 24.1 Å². The highest BCUT2D eigenvalue weighted by Gasteiger charge is 2.43. The second kappa shape index (κ2) is 7.17. The van der Waals surface area contributed by atoms with E-state index >= 15 is 0 Å². The molecule has 0 fully saturated rings. The van der Waals surface area contributed by atoms with Gasteiger partial charge in [-0.2, -0.15) is 0 Å². The summed E-state index contributed by atoms with van der Waals surface area (Å²) in [5, 5.41) is 28.6. The molecule has 3 N–H and O–H groups in total. The number of fused-ring (bicyclic) bond motifs is 1. The Labute approximate surface area is 149 Å². The molecular formula is C18H19ClO6. The zero-order chi connectivity index (χ0) is 18.1. The third-order valence-electron chi connectivity index (χ3n) is 4.40. The smallest absolute Gasteiger partial charge is 0.191 e. The van der Waals surface area contributed by atoms with Crippen LogP contribution in [0.3, 0.4) is 0 Å². The SMILES string of the molecule is COc1ccc(CCc2cc(=O)c3c(o2)C(Cl)C(O)C(O)C3O)cc1. The van der Waals surface area contributed by atoms with E-state index in [1.54, 1.807) is 7.11 Å². The van der Waals surface area contributed by atoms with Crippen LogP contribution in [0.15, 0.2) is 39.5 Å². The van der Waals surface area contributed by atoms with Crippen LogP contribution in [-0.4, -0.2) is 34.6 Å². The molecule has 0 aliphatic heterocycles. The number of hydrogen-bond acceptors (Lipinski definition) is 6. The topological polar surface area (TPSA) is 100 Å². The maximum atomic E-state index is 12.3. The van der Waals surface area contributed by atoms with Crippen molar-refractivity contribution in [3.8, 4) is 5.75 Å². The molecule has 6 nitrogen and oxygen atoms in total. The number of methoxy groups -OCH3 is 1. The van der Waals surface area contributed by atoms with Gasteiger partial charge >= 0.3 is 0 Å². The second-order valence-electron chi connectivity index (χ2n) is 6.03. The molecule has 134 valence electrons. The van der Waals surface area contributed by atoms with Gasteiger partial charge in [-0.3, -0.25) is 4.79 Å². The van der Waals surface area contributed by atoms with E-state index in [-0.39, 0.29) is 11.3 Å². The van der Waals surface area contributed by atoms with Crippen LogP contribution in [0.5, 0.6) is 5.75 Å². The summed E-state index contributed by atoms with van der Waals surface area (Å²) in [6.07, 6.45) is -3.38. The average Bonchev–Trinajstić information content (AvgIpc) is 2.62. The predicted molar refractivity (Wildman–Crippen MR) is 90.9 cm³/mol. The number of rotatable bonds is 4. The number of hydrogen-bond donors (Lipinski definition) is 3. The first-order chi connectivity index (χ1) is 11.9. The van der Waals surface area contributed by atoms with E-state index in [0.717, 1.165) is 11.3 Å². The molecule has 1 aromatic heterocycles. The molecule has 4 atom stereocenters. The van der Waals surface area contributed by atoms with E-state index < -0.39 is 29.1 Å². The average molecular weight is 367 g/mol. The van der Waals surface area contributed by atoms with Gasteiger partial charge in [0, 0.05) is 12.5 Å². The molecule has 1 aliphatic carbocycles. The zero-order valence-corrected chi connectivity index (χ0v) is 14.3. The molecule has 1 heterocycles. The third-order valence-corrected chi connectivity index (χ3v) is 4.86. The highest BCUT2D eigenvalue weighted by molar-refractivity contribution is 6.21. The number of benzene rings is 1. The highest BCUT2D eigenvalue weighted by atomic mass is 35.5. The Morgan fingerprint density at radius 2 is 1.80 bits per heavy atom. The van der Waals surface area contributed by atoms with Crippen LogP contribution in [0.4, 0.5) is 0 Å². The lowest BCUT2D eigenvalue weighted by atomic mass is 9.88. The Morgan fingerprint density at radius 1 is 1.12 bits per heavy atom. The normalized spacial score (nSPS) is 25.5. The van der Waals surface area contributed by atoms with Crippen molar-refractivity contribution in [2.75, 3.05) is 7.11 Å². The summed E-state index contributed by atoms with van der Waals surface area (Å²) in [7, 11) is 1.60. The second-order valence-corrected chi connectivity index (χ2v) is 6.50. The highest BCUT2D eigenvalue weighted by Crippen LogP contribution is 2.39. The van der Waals surface area contributed by atoms with Crippen LogP contribution in [0.25, 0.3) is 0 Å². The maximum Gasteiger partial charge on any atom is 0.191 e. The van der Waals surface area contributed by atoms with Crippen molar-refractivity contribution < 1.29 is 24.5 Å². The van der Waals surface area contributed by atoms with Gasteiger partial charge in [-0.15, -0.1) is 11.6 Å². The fourth-order valence-electron chi connectivity index (χ4n) is 2.94. The Hall–Kier alpha value is -1.86. The number of aliphatic hydroxyl groups is 3. The summed E-state index contributed by atoms with van der Waals surface area (Å²) in [6.45, 7) is 0. The molecule has 1 aliphatic rings. The lowest BCUT2D eigenvalue weighted by Gasteiger charge is -2.32. The van der Waals surface area contributed by atoms with Crippen molar-refractivity contribution in [2.24, 2.45) is 0 Å². The summed E-state index contributed by atoms with van der Waals surface area (Å²) < 4.78 is 10.8. The van der Waals surface area contributed by atoms with Gasteiger partial charge in [0.2, 0.25) is 0 Å². The van der Waals surface area contributed by atoms with E-state index in [4.69, 9.17) is 20.8 Å². The van der Waals surface area contributed by atoms with Gasteiger partial charge in [0.25, 0.3) is 0 Å². The first-order valence-corrected chi connectivity index (χ1v) is 8.34. The first-order valence-electron chi connectivity index (χ1n) is 7.90. The van der Waals surface area contributed by atoms with Crippen molar-refractivity contribution in [3.63, 3.8) is 0 Å². The van der Waals surface area contributed by atoms with E-state index in [2.05, 4.69) is 0 Å². The quantitative estimate of drug-likeness (QED) is 0.709. The number of alkyl halides is 1. The van der Waals surface area contributed by atoms with E-state index in [1.807, 2.05) is 24.3 Å². The Morgan fingerprint density at radius 3 is 2.44 bits per heavy atom. The van der Waals surface area contributed by atoms with Gasteiger partial charge in [-0.25, -0.2) is 0 Å². The van der Waals surface area contributed by atoms with Gasteiger partial charge in [0.1, 0.15) is 41.0 Å². The van der Waals surface area contributed by atoms with E-state index in [0.29, 0.717) is 18.6 Å². The van der Waals surface area contributed by atoms with Crippen LogP contribution in [0, 0.1) is 0 Å². The van der Waals surface area contributed by atoms with Crippen LogP contribution in [0.2, 0.25) is 0 Å². The molecule has 7 heteroatoms. The van der Waals surface area contributed by atoms with Crippen molar-refractivity contribution >= 4 is 11.6 Å². The Bertz CT molecular complexity index is 800. The van der Waals surface area contributed by atoms with E-state index in [9.17, 15) is 20.1 Å². The molecule has 3 rings (SSSR count). The molecule has 1 aromatic carbocycles. The number of aliphatic hydroxyl groups excluding tert-OH is 3. The van der Waals surface area contributed by atoms with Crippen molar-refractivity contribution in [1.29, 1.82) is 0 Å². The van der Waals surface area contributed by atoms with Gasteiger partial charge in [-0.1, -0.05) is 12.1 Å². The third kappa shape index (κ3) is 3.43. The minimum absolute atomic E-state index is 0.0178. The summed E-state index contributed by atoms with van der Waals surface area (Å²) in [5.74, 6) is 1.18. The minimum Gasteiger partial charge on any atom is -0.497 e. The molecule has 25 heavy (non-hydrogen) atoms. The van der Waals surface area contributed by atoms with Crippen molar-refractivity contribution in [3.05, 3.63) is 63.2 Å². The summed E-state index contributed by atoms with van der Waals surface area (Å²) in [4.78, 5) is 12.3. The predicted octanol–water partition coefficient (Wildman–Crippen LogP) is 1.48. The summed E-state index contributed by atoms with van der Waals surface area (Å²) in [5.41, 5.74) is 0.486. The van der Waals surface area contributed by atoms with Crippen molar-refractivity contribution in [1.82, 2.24) is 0 Å². The Kier molecular flexibility index (Phi) is 5.15. The molecule has 0 saturated carbocycles. The fourth-order valence-corrected chi connectivity index (χ4v) is 3.25. The van der Waals surface area contributed by atoms with Crippen LogP contribution in [0.1, 0.15) is 34.1 Å². The first kappa shape index (κ1) is 17.9. The number of ether oxygens (including phenoxy) is 1. The van der Waals surface area contributed by atoms with Crippen LogP contribution >= 0.6 is 11.6 Å². The molecule has 0 amide bonds. The van der Waals surface area contributed by atoms with Crippen LogP contribution in [-0.2, 0) is 12.8 Å². The molecule has 0 bridgehead atoms. The van der Waals surface area contributed by atoms with Crippen molar-refractivity contribution in [2.45, 2.75) is 36.5 Å². The molecule has 0 saturated heterocycles.